The number of aromatic nitrogens is 1. The van der Waals surface area contributed by atoms with Crippen LogP contribution in [0.25, 0.3) is 0 Å². The lowest BCUT2D eigenvalue weighted by atomic mass is 10.3. The first kappa shape index (κ1) is 16.0. The third-order valence-electron chi connectivity index (χ3n) is 2.82. The Morgan fingerprint density at radius 1 is 1.47 bits per heavy atom. The molecule has 1 aliphatic heterocycles. The van der Waals surface area contributed by atoms with Crippen LogP contribution in [0.15, 0.2) is 23.2 Å². The summed E-state index contributed by atoms with van der Waals surface area (Å²) in [7, 11) is 1.65. The fourth-order valence-electron chi connectivity index (χ4n) is 1.79. The fourth-order valence-corrected chi connectivity index (χ4v) is 1.79. The van der Waals surface area contributed by atoms with E-state index in [9.17, 15) is 0 Å². The summed E-state index contributed by atoms with van der Waals surface area (Å²) in [5.41, 5.74) is 6.54. The van der Waals surface area contributed by atoms with E-state index < -0.39 is 0 Å². The van der Waals surface area contributed by atoms with Gasteiger partial charge >= 0.3 is 0 Å². The van der Waals surface area contributed by atoms with Gasteiger partial charge in [0.2, 0.25) is 0 Å². The van der Waals surface area contributed by atoms with Crippen molar-refractivity contribution in [1.29, 1.82) is 0 Å². The molecule has 0 amide bonds. The van der Waals surface area contributed by atoms with Gasteiger partial charge < -0.3 is 20.7 Å². The third-order valence-corrected chi connectivity index (χ3v) is 2.82. The van der Waals surface area contributed by atoms with Crippen molar-refractivity contribution in [3.05, 3.63) is 23.9 Å². The molecule has 1 aromatic rings. The minimum Gasteiger partial charge on any atom is -0.378 e. The first-order valence-electron chi connectivity index (χ1n) is 6.04. The van der Waals surface area contributed by atoms with Crippen LogP contribution in [0.5, 0.6) is 0 Å². The van der Waals surface area contributed by atoms with E-state index in [-0.39, 0.29) is 24.0 Å². The number of nitrogens with one attached hydrogen (secondary N) is 1. The SMILES string of the molecule is CN=C(N)NCc1cccc(N2CCOCC2)n1.I. The normalized spacial score (nSPS) is 15.8. The van der Waals surface area contributed by atoms with Crippen molar-refractivity contribution in [2.75, 3.05) is 38.3 Å². The molecule has 0 bridgehead atoms. The van der Waals surface area contributed by atoms with Crippen LogP contribution in [0.1, 0.15) is 5.69 Å². The molecule has 2 rings (SSSR count). The number of guanidine groups is 1. The minimum absolute atomic E-state index is 0. The predicted octanol–water partition coefficient (Wildman–Crippen LogP) is 0.570. The topological polar surface area (TPSA) is 75.8 Å². The highest BCUT2D eigenvalue weighted by Crippen LogP contribution is 2.13. The molecule has 1 saturated heterocycles. The minimum atomic E-state index is 0. The van der Waals surface area contributed by atoms with Gasteiger partial charge in [0.25, 0.3) is 0 Å². The number of nitrogens with zero attached hydrogens (tertiary/aromatic N) is 3. The first-order valence-corrected chi connectivity index (χ1v) is 6.04. The number of hydrogen-bond donors (Lipinski definition) is 2. The van der Waals surface area contributed by atoms with Crippen LogP contribution < -0.4 is 16.0 Å². The second-order valence-electron chi connectivity index (χ2n) is 4.05. The van der Waals surface area contributed by atoms with Crippen LogP contribution in [-0.4, -0.2) is 44.3 Å². The van der Waals surface area contributed by atoms with E-state index >= 15 is 0 Å². The second kappa shape index (κ2) is 8.16. The van der Waals surface area contributed by atoms with Crippen molar-refractivity contribution in [2.45, 2.75) is 6.54 Å². The number of anilines is 1. The lowest BCUT2D eigenvalue weighted by molar-refractivity contribution is 0.122. The van der Waals surface area contributed by atoms with Crippen molar-refractivity contribution in [2.24, 2.45) is 10.7 Å². The Kier molecular flexibility index (Phi) is 6.85. The first-order chi connectivity index (χ1) is 8.79. The quantitative estimate of drug-likeness (QED) is 0.458. The highest BCUT2D eigenvalue weighted by atomic mass is 127. The summed E-state index contributed by atoms with van der Waals surface area (Å²) < 4.78 is 5.33. The van der Waals surface area contributed by atoms with Gasteiger partial charge in [-0.25, -0.2) is 4.98 Å². The monoisotopic (exact) mass is 377 g/mol. The standard InChI is InChI=1S/C12H19N5O.HI/c1-14-12(13)15-9-10-3-2-4-11(16-10)17-5-7-18-8-6-17;/h2-4H,5-9H2,1H3,(H3,13,14,15);1H. The van der Waals surface area contributed by atoms with Crippen molar-refractivity contribution < 1.29 is 4.74 Å². The van der Waals surface area contributed by atoms with E-state index in [2.05, 4.69) is 20.2 Å². The second-order valence-corrected chi connectivity index (χ2v) is 4.05. The van der Waals surface area contributed by atoms with Crippen LogP contribution in [0, 0.1) is 0 Å². The van der Waals surface area contributed by atoms with E-state index in [0.717, 1.165) is 37.8 Å². The Balaban J connectivity index is 0.00000180. The van der Waals surface area contributed by atoms with Crippen LogP contribution in [-0.2, 0) is 11.3 Å². The summed E-state index contributed by atoms with van der Waals surface area (Å²) in [5, 5.41) is 3.00. The average Bonchev–Trinajstić information content (AvgIpc) is 2.46. The Morgan fingerprint density at radius 3 is 2.89 bits per heavy atom. The Bertz CT molecular complexity index is 420. The van der Waals surface area contributed by atoms with E-state index in [4.69, 9.17) is 10.5 Å². The zero-order chi connectivity index (χ0) is 12.8. The van der Waals surface area contributed by atoms with Gasteiger partial charge in [-0.3, -0.25) is 4.99 Å². The molecular weight excluding hydrogens is 357 g/mol. The van der Waals surface area contributed by atoms with Gasteiger partial charge in [0.15, 0.2) is 5.96 Å². The van der Waals surface area contributed by atoms with Crippen molar-refractivity contribution >= 4 is 35.8 Å². The number of aliphatic imine (C=N–C) groups is 1. The van der Waals surface area contributed by atoms with Gasteiger partial charge in [-0.1, -0.05) is 6.07 Å². The summed E-state index contributed by atoms with van der Waals surface area (Å²) >= 11 is 0. The zero-order valence-electron chi connectivity index (χ0n) is 11.0. The molecule has 0 atom stereocenters. The maximum atomic E-state index is 5.59. The smallest absolute Gasteiger partial charge is 0.188 e. The van der Waals surface area contributed by atoms with Gasteiger partial charge in [0.1, 0.15) is 5.82 Å². The predicted molar refractivity (Wildman–Crippen MR) is 87.1 cm³/mol. The largest absolute Gasteiger partial charge is 0.378 e. The maximum absolute atomic E-state index is 5.59. The summed E-state index contributed by atoms with van der Waals surface area (Å²) in [6, 6.07) is 6.00. The number of ether oxygens (including phenoxy) is 1. The molecule has 0 spiro atoms. The average molecular weight is 377 g/mol. The van der Waals surface area contributed by atoms with Gasteiger partial charge in [0.05, 0.1) is 25.5 Å². The Hall–Kier alpha value is -1.09. The molecule has 106 valence electrons. The number of pyridine rings is 1. The van der Waals surface area contributed by atoms with Crippen LogP contribution in [0.4, 0.5) is 5.82 Å². The molecule has 19 heavy (non-hydrogen) atoms. The lowest BCUT2D eigenvalue weighted by Gasteiger charge is -2.28. The number of hydrogen-bond acceptors (Lipinski definition) is 4. The van der Waals surface area contributed by atoms with Crippen molar-refractivity contribution in [1.82, 2.24) is 10.3 Å². The van der Waals surface area contributed by atoms with E-state index in [1.165, 1.54) is 0 Å². The molecule has 0 unspecified atom stereocenters. The number of halogens is 1. The molecule has 1 aromatic heterocycles. The van der Waals surface area contributed by atoms with Gasteiger partial charge in [-0.05, 0) is 12.1 Å². The molecule has 0 aromatic carbocycles. The summed E-state index contributed by atoms with van der Waals surface area (Å²) in [6.07, 6.45) is 0. The van der Waals surface area contributed by atoms with Crippen LogP contribution >= 0.6 is 24.0 Å². The number of morpholine rings is 1. The molecule has 0 saturated carbocycles. The fraction of sp³-hybridized carbons (Fsp3) is 0.500. The lowest BCUT2D eigenvalue weighted by Crippen LogP contribution is -2.37. The molecule has 6 nitrogen and oxygen atoms in total. The third kappa shape index (κ3) is 4.83. The van der Waals surface area contributed by atoms with Crippen molar-refractivity contribution in [3.63, 3.8) is 0 Å². The Labute approximate surface area is 130 Å². The van der Waals surface area contributed by atoms with E-state index in [1.807, 2.05) is 18.2 Å². The molecule has 2 heterocycles. The molecular formula is C12H20IN5O. The Morgan fingerprint density at radius 2 is 2.21 bits per heavy atom. The van der Waals surface area contributed by atoms with Gasteiger partial charge in [-0.15, -0.1) is 24.0 Å². The highest BCUT2D eigenvalue weighted by Gasteiger charge is 2.12. The summed E-state index contributed by atoms with van der Waals surface area (Å²) in [6.45, 7) is 3.89. The van der Waals surface area contributed by atoms with Crippen LogP contribution in [0.2, 0.25) is 0 Å². The highest BCUT2D eigenvalue weighted by molar-refractivity contribution is 14.0. The van der Waals surface area contributed by atoms with Crippen LogP contribution in [0.3, 0.4) is 0 Å². The molecule has 3 N–H and O–H groups in total. The molecule has 1 fully saturated rings. The van der Waals surface area contributed by atoms with E-state index in [0.29, 0.717) is 12.5 Å². The van der Waals surface area contributed by atoms with Gasteiger partial charge in [0, 0.05) is 20.1 Å². The summed E-state index contributed by atoms with van der Waals surface area (Å²) in [4.78, 5) is 10.7. The number of nitrogens with two attached hydrogens (primary N) is 1. The molecule has 1 aliphatic rings. The maximum Gasteiger partial charge on any atom is 0.188 e. The molecule has 0 radical (unpaired) electrons. The summed E-state index contributed by atoms with van der Waals surface area (Å²) in [5.74, 6) is 1.41. The van der Waals surface area contributed by atoms with Crippen molar-refractivity contribution in [3.8, 4) is 0 Å². The zero-order valence-corrected chi connectivity index (χ0v) is 13.3. The van der Waals surface area contributed by atoms with Gasteiger partial charge in [-0.2, -0.15) is 0 Å². The molecule has 0 aliphatic carbocycles. The van der Waals surface area contributed by atoms with E-state index in [1.54, 1.807) is 7.05 Å². The number of rotatable bonds is 3. The molecule has 7 heteroatoms.